The molecule has 4 nitrogen and oxygen atoms in total. The normalized spacial score (nSPS) is 15.9. The highest BCUT2D eigenvalue weighted by Crippen LogP contribution is 2.23. The Morgan fingerprint density at radius 2 is 2.28 bits per heavy atom. The fourth-order valence-corrected chi connectivity index (χ4v) is 1.52. The third-order valence-corrected chi connectivity index (χ3v) is 2.71. The first-order valence-electron chi connectivity index (χ1n) is 5.82. The number of para-hydroxylation sites is 1. The predicted octanol–water partition coefficient (Wildman–Crippen LogP) is 1.68. The molecule has 0 radical (unpaired) electrons. The summed E-state index contributed by atoms with van der Waals surface area (Å²) in [5.41, 5.74) is 0.0982. The first kappa shape index (κ1) is 12.5. The van der Waals surface area contributed by atoms with E-state index in [-0.39, 0.29) is 23.3 Å². The van der Waals surface area contributed by atoms with Crippen molar-refractivity contribution < 1.29 is 18.7 Å². The first-order chi connectivity index (χ1) is 8.61. The van der Waals surface area contributed by atoms with Crippen molar-refractivity contribution in [1.29, 1.82) is 0 Å². The van der Waals surface area contributed by atoms with Gasteiger partial charge < -0.3 is 10.1 Å². The Hall–Kier alpha value is -1.91. The summed E-state index contributed by atoms with van der Waals surface area (Å²) in [6, 6.07) is 4.26. The molecule has 1 aromatic rings. The lowest BCUT2D eigenvalue weighted by Gasteiger charge is -2.16. The van der Waals surface area contributed by atoms with E-state index in [0.29, 0.717) is 6.29 Å². The number of aldehydes is 1. The number of carbonyl (C=O) groups excluding carboxylic acids is 2. The van der Waals surface area contributed by atoms with Crippen LogP contribution in [0.3, 0.4) is 0 Å². The van der Waals surface area contributed by atoms with Gasteiger partial charge in [-0.15, -0.1) is 0 Å². The Labute approximate surface area is 104 Å². The van der Waals surface area contributed by atoms with Crippen LogP contribution in [0.1, 0.15) is 30.1 Å². The fourth-order valence-electron chi connectivity index (χ4n) is 1.52. The summed E-state index contributed by atoms with van der Waals surface area (Å²) in [5, 5.41) is 2.76. The maximum atomic E-state index is 13.5. The van der Waals surface area contributed by atoms with Crippen molar-refractivity contribution in [2.75, 3.05) is 0 Å². The van der Waals surface area contributed by atoms with E-state index in [1.165, 1.54) is 25.1 Å². The molecule has 18 heavy (non-hydrogen) atoms. The number of ether oxygens (including phenoxy) is 1. The van der Waals surface area contributed by atoms with E-state index in [0.717, 1.165) is 12.8 Å². The van der Waals surface area contributed by atoms with Crippen LogP contribution in [0.4, 0.5) is 4.39 Å². The lowest BCUT2D eigenvalue weighted by molar-refractivity contribution is -0.127. The molecule has 1 aliphatic carbocycles. The van der Waals surface area contributed by atoms with E-state index >= 15 is 0 Å². The Bertz CT molecular complexity index is 471. The Morgan fingerprint density at radius 3 is 2.89 bits per heavy atom. The van der Waals surface area contributed by atoms with Crippen LogP contribution in [-0.2, 0) is 4.79 Å². The zero-order valence-electron chi connectivity index (χ0n) is 9.98. The summed E-state index contributed by atoms with van der Waals surface area (Å²) in [6.07, 6.45) is 1.61. The Balaban J connectivity index is 2.07. The van der Waals surface area contributed by atoms with Gasteiger partial charge in [0.2, 0.25) is 0 Å². The molecule has 1 unspecified atom stereocenters. The summed E-state index contributed by atoms with van der Waals surface area (Å²) in [4.78, 5) is 22.4. The molecule has 1 fully saturated rings. The van der Waals surface area contributed by atoms with Crippen LogP contribution in [0.5, 0.6) is 5.75 Å². The Kier molecular flexibility index (Phi) is 3.60. The van der Waals surface area contributed by atoms with Crippen LogP contribution in [0.15, 0.2) is 18.2 Å². The minimum absolute atomic E-state index is 0.0982. The van der Waals surface area contributed by atoms with Gasteiger partial charge in [-0.25, -0.2) is 4.39 Å². The van der Waals surface area contributed by atoms with E-state index in [9.17, 15) is 14.0 Å². The van der Waals surface area contributed by atoms with E-state index in [1.54, 1.807) is 0 Å². The minimum Gasteiger partial charge on any atom is -0.477 e. The molecule has 0 aromatic heterocycles. The van der Waals surface area contributed by atoms with Crippen LogP contribution in [0.25, 0.3) is 0 Å². The van der Waals surface area contributed by atoms with Gasteiger partial charge in [0.15, 0.2) is 24.0 Å². The molecule has 0 aliphatic heterocycles. The van der Waals surface area contributed by atoms with Crippen molar-refractivity contribution in [2.24, 2.45) is 0 Å². The standard InChI is InChI=1S/C13H14FNO3/c1-8(13(17)15-10-5-6-10)18-12-9(7-16)3-2-4-11(12)14/h2-4,7-8,10H,5-6H2,1H3,(H,15,17). The van der Waals surface area contributed by atoms with Crippen molar-refractivity contribution >= 4 is 12.2 Å². The molecule has 1 aromatic carbocycles. The number of halogens is 1. The van der Waals surface area contributed by atoms with Crippen molar-refractivity contribution in [3.05, 3.63) is 29.6 Å². The van der Waals surface area contributed by atoms with Gasteiger partial charge in [-0.3, -0.25) is 9.59 Å². The largest absolute Gasteiger partial charge is 0.477 e. The van der Waals surface area contributed by atoms with Crippen LogP contribution < -0.4 is 10.1 Å². The van der Waals surface area contributed by atoms with Gasteiger partial charge in [0.05, 0.1) is 5.56 Å². The lowest BCUT2D eigenvalue weighted by atomic mass is 10.2. The third-order valence-electron chi connectivity index (χ3n) is 2.71. The van der Waals surface area contributed by atoms with Crippen molar-refractivity contribution in [3.63, 3.8) is 0 Å². The van der Waals surface area contributed by atoms with Gasteiger partial charge in [0, 0.05) is 6.04 Å². The summed E-state index contributed by atoms with van der Waals surface area (Å²) < 4.78 is 18.8. The van der Waals surface area contributed by atoms with Gasteiger partial charge in [0.1, 0.15) is 0 Å². The molecular formula is C13H14FNO3. The smallest absolute Gasteiger partial charge is 0.260 e. The second-order valence-corrected chi connectivity index (χ2v) is 4.32. The second-order valence-electron chi connectivity index (χ2n) is 4.32. The van der Waals surface area contributed by atoms with Gasteiger partial charge in [-0.2, -0.15) is 0 Å². The summed E-state index contributed by atoms with van der Waals surface area (Å²) in [7, 11) is 0. The average Bonchev–Trinajstić information content (AvgIpc) is 3.15. The van der Waals surface area contributed by atoms with E-state index in [1.807, 2.05) is 0 Å². The molecule has 1 amide bonds. The monoisotopic (exact) mass is 251 g/mol. The quantitative estimate of drug-likeness (QED) is 0.810. The molecule has 0 saturated heterocycles. The van der Waals surface area contributed by atoms with Gasteiger partial charge >= 0.3 is 0 Å². The summed E-state index contributed by atoms with van der Waals surface area (Å²) >= 11 is 0. The summed E-state index contributed by atoms with van der Waals surface area (Å²) in [5.74, 6) is -1.12. The number of amides is 1. The maximum Gasteiger partial charge on any atom is 0.260 e. The van der Waals surface area contributed by atoms with E-state index < -0.39 is 11.9 Å². The molecule has 5 heteroatoms. The molecule has 0 heterocycles. The molecule has 0 spiro atoms. The van der Waals surface area contributed by atoms with E-state index in [2.05, 4.69) is 5.32 Å². The van der Waals surface area contributed by atoms with Crippen molar-refractivity contribution in [2.45, 2.75) is 31.9 Å². The molecule has 1 aliphatic rings. The van der Waals surface area contributed by atoms with Crippen LogP contribution in [0, 0.1) is 5.82 Å². The van der Waals surface area contributed by atoms with Crippen molar-refractivity contribution in [1.82, 2.24) is 5.32 Å². The van der Waals surface area contributed by atoms with Crippen LogP contribution in [0.2, 0.25) is 0 Å². The highest BCUT2D eigenvalue weighted by atomic mass is 19.1. The lowest BCUT2D eigenvalue weighted by Crippen LogP contribution is -2.37. The highest BCUT2D eigenvalue weighted by molar-refractivity contribution is 5.83. The molecule has 1 N–H and O–H groups in total. The third kappa shape index (κ3) is 2.85. The molecule has 0 bridgehead atoms. The van der Waals surface area contributed by atoms with Crippen LogP contribution in [-0.4, -0.2) is 24.3 Å². The number of nitrogens with one attached hydrogen (secondary N) is 1. The SMILES string of the molecule is CC(Oc1c(F)cccc1C=O)C(=O)NC1CC1. The van der Waals surface area contributed by atoms with Gasteiger partial charge in [-0.05, 0) is 31.9 Å². The molecule has 1 atom stereocenters. The maximum absolute atomic E-state index is 13.5. The highest BCUT2D eigenvalue weighted by Gasteiger charge is 2.27. The number of rotatable bonds is 5. The molecule has 2 rings (SSSR count). The minimum atomic E-state index is -0.832. The predicted molar refractivity (Wildman–Crippen MR) is 63.0 cm³/mol. The van der Waals surface area contributed by atoms with E-state index in [4.69, 9.17) is 4.74 Å². The van der Waals surface area contributed by atoms with Gasteiger partial charge in [0.25, 0.3) is 5.91 Å². The zero-order valence-corrected chi connectivity index (χ0v) is 9.98. The molecule has 96 valence electrons. The summed E-state index contributed by atoms with van der Waals surface area (Å²) in [6.45, 7) is 1.53. The Morgan fingerprint density at radius 1 is 1.56 bits per heavy atom. The van der Waals surface area contributed by atoms with Gasteiger partial charge in [-0.1, -0.05) is 6.07 Å². The number of hydrogen-bond acceptors (Lipinski definition) is 3. The average molecular weight is 251 g/mol. The second kappa shape index (κ2) is 5.16. The number of benzene rings is 1. The first-order valence-corrected chi connectivity index (χ1v) is 5.82. The molecule has 1 saturated carbocycles. The zero-order chi connectivity index (χ0) is 13.1. The topological polar surface area (TPSA) is 55.4 Å². The van der Waals surface area contributed by atoms with Crippen molar-refractivity contribution in [3.8, 4) is 5.75 Å². The fraction of sp³-hybridized carbons (Fsp3) is 0.385. The number of carbonyl (C=O) groups is 2. The van der Waals surface area contributed by atoms with Crippen LogP contribution >= 0.6 is 0 Å². The molecular weight excluding hydrogens is 237 g/mol. The number of hydrogen-bond donors (Lipinski definition) is 1.